The maximum atomic E-state index is 12.6. The first-order valence-electron chi connectivity index (χ1n) is 8.33. The summed E-state index contributed by atoms with van der Waals surface area (Å²) in [5.74, 6) is -0.248. The molecule has 132 valence electrons. The molecule has 5 nitrogen and oxygen atoms in total. The second-order valence-electron chi connectivity index (χ2n) is 6.60. The molecule has 0 aliphatic heterocycles. The first kappa shape index (κ1) is 17.6. The largest absolute Gasteiger partial charge is 0.322 e. The summed E-state index contributed by atoms with van der Waals surface area (Å²) in [6, 6.07) is 8.70. The third kappa shape index (κ3) is 3.75. The van der Waals surface area contributed by atoms with Gasteiger partial charge in [-0.05, 0) is 86.1 Å². The van der Waals surface area contributed by atoms with Gasteiger partial charge in [-0.1, -0.05) is 6.07 Å². The van der Waals surface area contributed by atoms with Gasteiger partial charge in [0.1, 0.15) is 0 Å². The third-order valence-electron chi connectivity index (χ3n) is 4.83. The van der Waals surface area contributed by atoms with Crippen LogP contribution in [0.25, 0.3) is 0 Å². The minimum atomic E-state index is -3.83. The van der Waals surface area contributed by atoms with Crippen molar-refractivity contribution in [3.8, 4) is 0 Å². The van der Waals surface area contributed by atoms with Crippen LogP contribution in [0.2, 0.25) is 0 Å². The molecule has 3 rings (SSSR count). The number of primary sulfonamides is 1. The van der Waals surface area contributed by atoms with Gasteiger partial charge in [0, 0.05) is 11.3 Å². The SMILES string of the molecule is Cc1cc(S(N)(=O)=O)cc(NC(=O)c2ccc3c(c2)CCCC3)c1C. The van der Waals surface area contributed by atoms with Gasteiger partial charge in [0.2, 0.25) is 10.0 Å². The lowest BCUT2D eigenvalue weighted by Crippen LogP contribution is -2.17. The molecular weight excluding hydrogens is 336 g/mol. The Hall–Kier alpha value is -2.18. The van der Waals surface area contributed by atoms with Gasteiger partial charge in [0.15, 0.2) is 0 Å². The van der Waals surface area contributed by atoms with E-state index in [0.717, 1.165) is 30.4 Å². The number of carbonyl (C=O) groups is 1. The highest BCUT2D eigenvalue weighted by molar-refractivity contribution is 7.89. The molecule has 1 amide bonds. The number of anilines is 1. The fourth-order valence-electron chi connectivity index (χ4n) is 3.19. The molecule has 0 saturated heterocycles. The smallest absolute Gasteiger partial charge is 0.255 e. The number of hydrogen-bond acceptors (Lipinski definition) is 3. The normalized spacial score (nSPS) is 14.0. The molecular formula is C19H22N2O3S. The second kappa shape index (κ2) is 6.61. The minimum absolute atomic E-state index is 0.00339. The Bertz CT molecular complexity index is 949. The Morgan fingerprint density at radius 3 is 2.40 bits per heavy atom. The van der Waals surface area contributed by atoms with Crippen molar-refractivity contribution in [2.75, 3.05) is 5.32 Å². The molecule has 0 unspecified atom stereocenters. The molecule has 3 N–H and O–H groups in total. The van der Waals surface area contributed by atoms with E-state index in [1.54, 1.807) is 6.92 Å². The molecule has 0 fully saturated rings. The van der Waals surface area contributed by atoms with Crippen LogP contribution in [-0.4, -0.2) is 14.3 Å². The number of fused-ring (bicyclic) bond motifs is 1. The number of hydrogen-bond donors (Lipinski definition) is 2. The fourth-order valence-corrected chi connectivity index (χ4v) is 3.81. The van der Waals surface area contributed by atoms with Crippen molar-refractivity contribution in [2.24, 2.45) is 5.14 Å². The summed E-state index contributed by atoms with van der Waals surface area (Å²) in [4.78, 5) is 12.6. The fraction of sp³-hybridized carbons (Fsp3) is 0.316. The first-order valence-corrected chi connectivity index (χ1v) is 9.87. The summed E-state index contributed by atoms with van der Waals surface area (Å²) in [5.41, 5.74) is 5.16. The molecule has 2 aromatic rings. The Balaban J connectivity index is 1.92. The molecule has 0 bridgehead atoms. The van der Waals surface area contributed by atoms with E-state index in [2.05, 4.69) is 5.32 Å². The van der Waals surface area contributed by atoms with Crippen LogP contribution < -0.4 is 10.5 Å². The Morgan fingerprint density at radius 2 is 1.72 bits per heavy atom. The van der Waals surface area contributed by atoms with Gasteiger partial charge in [-0.3, -0.25) is 4.79 Å². The number of rotatable bonds is 3. The van der Waals surface area contributed by atoms with Gasteiger partial charge in [-0.15, -0.1) is 0 Å². The molecule has 1 aliphatic carbocycles. The lowest BCUT2D eigenvalue weighted by molar-refractivity contribution is 0.102. The number of nitrogens with two attached hydrogens (primary N) is 1. The van der Waals surface area contributed by atoms with Crippen molar-refractivity contribution in [1.82, 2.24) is 0 Å². The lowest BCUT2D eigenvalue weighted by atomic mass is 9.90. The van der Waals surface area contributed by atoms with Crippen LogP contribution in [0.15, 0.2) is 35.2 Å². The van der Waals surface area contributed by atoms with Gasteiger partial charge < -0.3 is 5.32 Å². The molecule has 0 spiro atoms. The van der Waals surface area contributed by atoms with E-state index in [0.29, 0.717) is 11.3 Å². The van der Waals surface area contributed by atoms with Crippen LogP contribution in [0.4, 0.5) is 5.69 Å². The number of aryl methyl sites for hydroxylation is 3. The number of carbonyl (C=O) groups excluding carboxylic acids is 1. The Kier molecular flexibility index (Phi) is 4.67. The number of sulfonamides is 1. The average Bonchev–Trinajstić information content (AvgIpc) is 2.57. The summed E-state index contributed by atoms with van der Waals surface area (Å²) < 4.78 is 23.3. The van der Waals surface area contributed by atoms with Crippen molar-refractivity contribution in [3.05, 3.63) is 58.1 Å². The second-order valence-corrected chi connectivity index (χ2v) is 8.16. The quantitative estimate of drug-likeness (QED) is 0.883. The zero-order valence-corrected chi connectivity index (χ0v) is 15.2. The van der Waals surface area contributed by atoms with E-state index in [9.17, 15) is 13.2 Å². The van der Waals surface area contributed by atoms with Gasteiger partial charge in [-0.2, -0.15) is 0 Å². The maximum Gasteiger partial charge on any atom is 0.255 e. The lowest BCUT2D eigenvalue weighted by Gasteiger charge is -2.17. The van der Waals surface area contributed by atoms with Gasteiger partial charge in [0.25, 0.3) is 5.91 Å². The predicted octanol–water partition coefficient (Wildman–Crippen LogP) is 3.08. The average molecular weight is 358 g/mol. The number of nitrogens with one attached hydrogen (secondary N) is 1. The summed E-state index contributed by atoms with van der Waals surface area (Å²) in [6.07, 6.45) is 4.39. The van der Waals surface area contributed by atoms with Crippen LogP contribution in [0.1, 0.15) is 45.5 Å². The highest BCUT2D eigenvalue weighted by Gasteiger charge is 2.16. The molecule has 2 aromatic carbocycles. The Labute approximate surface area is 148 Å². The van der Waals surface area contributed by atoms with Gasteiger partial charge in [-0.25, -0.2) is 13.6 Å². The van der Waals surface area contributed by atoms with Crippen LogP contribution in [0, 0.1) is 13.8 Å². The van der Waals surface area contributed by atoms with E-state index in [4.69, 9.17) is 5.14 Å². The first-order chi connectivity index (χ1) is 11.8. The topological polar surface area (TPSA) is 89.3 Å². The van der Waals surface area contributed by atoms with Crippen molar-refractivity contribution in [3.63, 3.8) is 0 Å². The molecule has 0 saturated carbocycles. The molecule has 1 aliphatic rings. The molecule has 25 heavy (non-hydrogen) atoms. The summed E-state index contributed by atoms with van der Waals surface area (Å²) >= 11 is 0. The van der Waals surface area contributed by atoms with E-state index < -0.39 is 10.0 Å². The molecule has 0 aromatic heterocycles. The van der Waals surface area contributed by atoms with Crippen molar-refractivity contribution in [2.45, 2.75) is 44.4 Å². The number of benzene rings is 2. The van der Waals surface area contributed by atoms with Gasteiger partial charge in [0.05, 0.1) is 4.90 Å². The number of amides is 1. The standard InChI is InChI=1S/C19H22N2O3S/c1-12-9-17(25(20,23)24)11-18(13(12)2)21-19(22)16-8-7-14-5-3-4-6-15(14)10-16/h7-11H,3-6H2,1-2H3,(H,21,22)(H2,20,23,24). The van der Waals surface area contributed by atoms with Crippen LogP contribution in [0.3, 0.4) is 0 Å². The maximum absolute atomic E-state index is 12.6. The zero-order valence-electron chi connectivity index (χ0n) is 14.4. The van der Waals surface area contributed by atoms with Crippen molar-refractivity contribution in [1.29, 1.82) is 0 Å². The van der Waals surface area contributed by atoms with Crippen LogP contribution >= 0.6 is 0 Å². The molecule has 6 heteroatoms. The Morgan fingerprint density at radius 1 is 1.04 bits per heavy atom. The van der Waals surface area contributed by atoms with E-state index in [1.165, 1.54) is 29.7 Å². The van der Waals surface area contributed by atoms with E-state index in [1.807, 2.05) is 25.1 Å². The van der Waals surface area contributed by atoms with Crippen LogP contribution in [-0.2, 0) is 22.9 Å². The van der Waals surface area contributed by atoms with E-state index in [-0.39, 0.29) is 10.8 Å². The summed E-state index contributed by atoms with van der Waals surface area (Å²) in [7, 11) is -3.83. The predicted molar refractivity (Wildman–Crippen MR) is 98.3 cm³/mol. The summed E-state index contributed by atoms with van der Waals surface area (Å²) in [5, 5.41) is 8.05. The monoisotopic (exact) mass is 358 g/mol. The van der Waals surface area contributed by atoms with E-state index >= 15 is 0 Å². The highest BCUT2D eigenvalue weighted by Crippen LogP contribution is 2.26. The van der Waals surface area contributed by atoms with Crippen molar-refractivity contribution < 1.29 is 13.2 Å². The third-order valence-corrected chi connectivity index (χ3v) is 5.72. The zero-order chi connectivity index (χ0) is 18.2. The molecule has 0 atom stereocenters. The van der Waals surface area contributed by atoms with Gasteiger partial charge >= 0.3 is 0 Å². The minimum Gasteiger partial charge on any atom is -0.322 e. The van der Waals surface area contributed by atoms with Crippen LogP contribution in [0.5, 0.6) is 0 Å². The molecule has 0 radical (unpaired) electrons. The van der Waals surface area contributed by atoms with Crippen molar-refractivity contribution >= 4 is 21.6 Å². The summed E-state index contributed by atoms with van der Waals surface area (Å²) in [6.45, 7) is 3.63. The highest BCUT2D eigenvalue weighted by atomic mass is 32.2. The molecule has 0 heterocycles.